The van der Waals surface area contributed by atoms with E-state index in [4.69, 9.17) is 4.74 Å². The monoisotopic (exact) mass is 205 g/mol. The first-order chi connectivity index (χ1) is 7.18. The standard InChI is InChI=1S/C12H15NO2/c1-12(9-13-11(14)15-12)8-7-10-5-3-2-4-6-10/h2-6H,7-9H2,1H3,(H,13,14). The number of aryl methyl sites for hydroxylation is 1. The number of amides is 1. The lowest BCUT2D eigenvalue weighted by Gasteiger charge is -2.20. The largest absolute Gasteiger partial charge is 0.441 e. The Balaban J connectivity index is 1.91. The third-order valence-electron chi connectivity index (χ3n) is 2.73. The molecule has 3 heteroatoms. The van der Waals surface area contributed by atoms with E-state index in [2.05, 4.69) is 17.4 Å². The number of nitrogens with one attached hydrogen (secondary N) is 1. The van der Waals surface area contributed by atoms with Crippen molar-refractivity contribution in [2.75, 3.05) is 6.54 Å². The fourth-order valence-corrected chi connectivity index (χ4v) is 1.75. The summed E-state index contributed by atoms with van der Waals surface area (Å²) in [7, 11) is 0. The highest BCUT2D eigenvalue weighted by molar-refractivity contribution is 5.70. The third-order valence-corrected chi connectivity index (χ3v) is 2.73. The van der Waals surface area contributed by atoms with Crippen molar-refractivity contribution in [3.63, 3.8) is 0 Å². The van der Waals surface area contributed by atoms with Gasteiger partial charge >= 0.3 is 6.09 Å². The van der Waals surface area contributed by atoms with Crippen molar-refractivity contribution in [2.45, 2.75) is 25.4 Å². The van der Waals surface area contributed by atoms with Crippen LogP contribution in [0.4, 0.5) is 4.79 Å². The van der Waals surface area contributed by atoms with Crippen molar-refractivity contribution in [1.29, 1.82) is 0 Å². The average Bonchev–Trinajstić information content (AvgIpc) is 2.58. The number of ether oxygens (including phenoxy) is 1. The van der Waals surface area contributed by atoms with Crippen LogP contribution in [0.25, 0.3) is 0 Å². The summed E-state index contributed by atoms with van der Waals surface area (Å²) in [5, 5.41) is 2.69. The van der Waals surface area contributed by atoms with Crippen molar-refractivity contribution in [2.24, 2.45) is 0 Å². The number of hydrogen-bond donors (Lipinski definition) is 1. The second kappa shape index (κ2) is 3.93. The summed E-state index contributed by atoms with van der Waals surface area (Å²) in [5.74, 6) is 0. The molecule has 0 aliphatic carbocycles. The number of carbonyl (C=O) groups is 1. The smallest absolute Gasteiger partial charge is 0.407 e. The highest BCUT2D eigenvalue weighted by Gasteiger charge is 2.34. The number of cyclic esters (lactones) is 1. The molecule has 1 amide bonds. The van der Waals surface area contributed by atoms with E-state index in [0.717, 1.165) is 12.8 Å². The molecule has 1 atom stereocenters. The van der Waals surface area contributed by atoms with Gasteiger partial charge < -0.3 is 10.1 Å². The predicted octanol–water partition coefficient (Wildman–Crippen LogP) is 2.12. The highest BCUT2D eigenvalue weighted by atomic mass is 16.6. The van der Waals surface area contributed by atoms with Gasteiger partial charge in [-0.05, 0) is 25.3 Å². The quantitative estimate of drug-likeness (QED) is 0.820. The van der Waals surface area contributed by atoms with Crippen LogP contribution in [0.1, 0.15) is 18.9 Å². The van der Waals surface area contributed by atoms with Gasteiger partial charge in [0.05, 0.1) is 6.54 Å². The molecule has 0 bridgehead atoms. The number of rotatable bonds is 3. The van der Waals surface area contributed by atoms with Crippen LogP contribution < -0.4 is 5.32 Å². The van der Waals surface area contributed by atoms with Gasteiger partial charge in [-0.3, -0.25) is 0 Å². The van der Waals surface area contributed by atoms with Gasteiger partial charge in [0.15, 0.2) is 0 Å². The van der Waals surface area contributed by atoms with Crippen LogP contribution in [0.2, 0.25) is 0 Å². The van der Waals surface area contributed by atoms with Crippen LogP contribution in [-0.2, 0) is 11.2 Å². The molecular weight excluding hydrogens is 190 g/mol. The molecule has 1 aliphatic rings. The molecular formula is C12H15NO2. The Morgan fingerprint density at radius 3 is 2.73 bits per heavy atom. The van der Waals surface area contributed by atoms with Gasteiger partial charge in [0, 0.05) is 0 Å². The first-order valence-electron chi connectivity index (χ1n) is 5.19. The highest BCUT2D eigenvalue weighted by Crippen LogP contribution is 2.21. The normalized spacial score (nSPS) is 24.7. The molecule has 1 fully saturated rings. The number of hydrogen-bond acceptors (Lipinski definition) is 2. The summed E-state index contributed by atoms with van der Waals surface area (Å²) in [6, 6.07) is 10.2. The second-order valence-electron chi connectivity index (χ2n) is 4.18. The van der Waals surface area contributed by atoms with Crippen LogP contribution in [0.15, 0.2) is 30.3 Å². The molecule has 15 heavy (non-hydrogen) atoms. The van der Waals surface area contributed by atoms with Gasteiger partial charge in [0.1, 0.15) is 5.60 Å². The molecule has 1 unspecified atom stereocenters. The Morgan fingerprint density at radius 2 is 2.13 bits per heavy atom. The van der Waals surface area contributed by atoms with Crippen LogP contribution in [-0.4, -0.2) is 18.2 Å². The zero-order chi connectivity index (χ0) is 10.7. The summed E-state index contributed by atoms with van der Waals surface area (Å²) in [6.45, 7) is 2.58. The number of alkyl carbamates (subject to hydrolysis) is 1. The molecule has 1 N–H and O–H groups in total. The minimum absolute atomic E-state index is 0.300. The second-order valence-corrected chi connectivity index (χ2v) is 4.18. The van der Waals surface area contributed by atoms with Gasteiger partial charge in [-0.15, -0.1) is 0 Å². The lowest BCUT2D eigenvalue weighted by Crippen LogP contribution is -2.29. The Kier molecular flexibility index (Phi) is 2.62. The fourth-order valence-electron chi connectivity index (χ4n) is 1.75. The Labute approximate surface area is 89.4 Å². The molecule has 1 aromatic carbocycles. The minimum atomic E-state index is -0.340. The zero-order valence-corrected chi connectivity index (χ0v) is 8.82. The van der Waals surface area contributed by atoms with E-state index >= 15 is 0 Å². The molecule has 0 aromatic heterocycles. The Hall–Kier alpha value is -1.51. The van der Waals surface area contributed by atoms with Crippen molar-refractivity contribution in [3.8, 4) is 0 Å². The van der Waals surface area contributed by atoms with Gasteiger partial charge in [0.25, 0.3) is 0 Å². The van der Waals surface area contributed by atoms with Crippen LogP contribution in [0.5, 0.6) is 0 Å². The van der Waals surface area contributed by atoms with Crippen LogP contribution >= 0.6 is 0 Å². The fraction of sp³-hybridized carbons (Fsp3) is 0.417. The molecule has 1 aliphatic heterocycles. The van der Waals surface area contributed by atoms with Crippen molar-refractivity contribution in [3.05, 3.63) is 35.9 Å². The Morgan fingerprint density at radius 1 is 1.40 bits per heavy atom. The summed E-state index contributed by atoms with van der Waals surface area (Å²) < 4.78 is 5.22. The van der Waals surface area contributed by atoms with E-state index < -0.39 is 0 Å². The SMILES string of the molecule is CC1(CCc2ccccc2)CNC(=O)O1. The topological polar surface area (TPSA) is 38.3 Å². The summed E-state index contributed by atoms with van der Waals surface area (Å²) >= 11 is 0. The molecule has 1 heterocycles. The molecule has 0 radical (unpaired) electrons. The van der Waals surface area contributed by atoms with Gasteiger partial charge in [-0.1, -0.05) is 30.3 Å². The van der Waals surface area contributed by atoms with Gasteiger partial charge in [0.2, 0.25) is 0 Å². The summed E-state index contributed by atoms with van der Waals surface area (Å²) in [5.41, 5.74) is 0.939. The van der Waals surface area contributed by atoms with E-state index in [1.165, 1.54) is 5.56 Å². The third kappa shape index (κ3) is 2.49. The first kappa shape index (κ1) is 10.0. The van der Waals surface area contributed by atoms with Crippen LogP contribution in [0, 0.1) is 0 Å². The van der Waals surface area contributed by atoms with E-state index in [0.29, 0.717) is 6.54 Å². The minimum Gasteiger partial charge on any atom is -0.441 e. The number of carbonyl (C=O) groups excluding carboxylic acids is 1. The molecule has 1 saturated heterocycles. The van der Waals surface area contributed by atoms with Crippen molar-refractivity contribution >= 4 is 6.09 Å². The molecule has 3 nitrogen and oxygen atoms in total. The maximum atomic E-state index is 10.9. The van der Waals surface area contributed by atoms with E-state index in [-0.39, 0.29) is 11.7 Å². The van der Waals surface area contributed by atoms with Gasteiger partial charge in [-0.25, -0.2) is 4.79 Å². The van der Waals surface area contributed by atoms with Gasteiger partial charge in [-0.2, -0.15) is 0 Å². The maximum absolute atomic E-state index is 10.9. The van der Waals surface area contributed by atoms with Crippen LogP contribution in [0.3, 0.4) is 0 Å². The predicted molar refractivity (Wildman–Crippen MR) is 57.7 cm³/mol. The van der Waals surface area contributed by atoms with Crippen molar-refractivity contribution in [1.82, 2.24) is 5.32 Å². The van der Waals surface area contributed by atoms with E-state index in [1.807, 2.05) is 25.1 Å². The maximum Gasteiger partial charge on any atom is 0.407 e. The molecule has 0 spiro atoms. The summed E-state index contributed by atoms with van der Waals surface area (Å²) in [4.78, 5) is 10.9. The van der Waals surface area contributed by atoms with E-state index in [1.54, 1.807) is 0 Å². The van der Waals surface area contributed by atoms with E-state index in [9.17, 15) is 4.79 Å². The molecule has 1 aromatic rings. The summed E-state index contributed by atoms with van der Waals surface area (Å²) in [6.07, 6.45) is 1.49. The number of benzene rings is 1. The molecule has 80 valence electrons. The first-order valence-corrected chi connectivity index (χ1v) is 5.19. The lowest BCUT2D eigenvalue weighted by atomic mass is 9.97. The average molecular weight is 205 g/mol. The zero-order valence-electron chi connectivity index (χ0n) is 8.82. The lowest BCUT2D eigenvalue weighted by molar-refractivity contribution is 0.0654. The van der Waals surface area contributed by atoms with Crippen molar-refractivity contribution < 1.29 is 9.53 Å². The Bertz CT molecular complexity index is 350. The molecule has 0 saturated carbocycles. The molecule has 2 rings (SSSR count).